The zero-order chi connectivity index (χ0) is 23.8. The lowest BCUT2D eigenvalue weighted by Gasteiger charge is -2.32. The highest BCUT2D eigenvalue weighted by Crippen LogP contribution is 2.42. The molecular formula is C27H25N3O4S. The molecule has 0 radical (unpaired) electrons. The fourth-order valence-corrected chi connectivity index (χ4v) is 6.08. The molecular weight excluding hydrogens is 462 g/mol. The Hall–Kier alpha value is -3.65. The van der Waals surface area contributed by atoms with Crippen LogP contribution in [0.5, 0.6) is 11.5 Å². The second-order valence-electron chi connectivity index (χ2n) is 9.07. The first-order valence-corrected chi connectivity index (χ1v) is 12.7. The molecule has 1 N–H and O–H groups in total. The van der Waals surface area contributed by atoms with Gasteiger partial charge in [0.15, 0.2) is 11.5 Å². The van der Waals surface area contributed by atoms with Gasteiger partial charge in [-0.25, -0.2) is 4.98 Å². The molecule has 0 unspecified atom stereocenters. The van der Waals surface area contributed by atoms with Crippen molar-refractivity contribution in [1.82, 2.24) is 14.9 Å². The third-order valence-corrected chi connectivity index (χ3v) is 7.78. The zero-order valence-electron chi connectivity index (χ0n) is 19.2. The third kappa shape index (κ3) is 3.97. The van der Waals surface area contributed by atoms with Crippen LogP contribution in [0.3, 0.4) is 0 Å². The van der Waals surface area contributed by atoms with Gasteiger partial charge in [0.2, 0.25) is 5.91 Å². The maximum atomic E-state index is 13.4. The van der Waals surface area contributed by atoms with Gasteiger partial charge in [-0.2, -0.15) is 0 Å². The van der Waals surface area contributed by atoms with Crippen LogP contribution in [0.4, 0.5) is 0 Å². The molecule has 0 bridgehead atoms. The van der Waals surface area contributed by atoms with E-state index < -0.39 is 5.54 Å². The van der Waals surface area contributed by atoms with E-state index in [1.165, 1.54) is 22.2 Å². The number of carbonyl (C=O) groups is 1. The molecule has 2 aliphatic rings. The minimum absolute atomic E-state index is 0.0852. The summed E-state index contributed by atoms with van der Waals surface area (Å²) in [6.45, 7) is 0.970. The Labute approximate surface area is 206 Å². The van der Waals surface area contributed by atoms with Crippen molar-refractivity contribution in [2.45, 2.75) is 37.8 Å². The van der Waals surface area contributed by atoms with Gasteiger partial charge in [0.1, 0.15) is 24.6 Å². The summed E-state index contributed by atoms with van der Waals surface area (Å²) >= 11 is 1.44. The van der Waals surface area contributed by atoms with E-state index in [9.17, 15) is 9.59 Å². The van der Waals surface area contributed by atoms with Gasteiger partial charge in [0.05, 0.1) is 17.3 Å². The van der Waals surface area contributed by atoms with Gasteiger partial charge in [0.25, 0.3) is 5.56 Å². The van der Waals surface area contributed by atoms with E-state index in [-0.39, 0.29) is 18.0 Å². The van der Waals surface area contributed by atoms with Crippen molar-refractivity contribution >= 4 is 27.5 Å². The Morgan fingerprint density at radius 2 is 1.83 bits per heavy atom. The summed E-state index contributed by atoms with van der Waals surface area (Å²) in [4.78, 5) is 31.8. The molecule has 178 valence electrons. The number of benzene rings is 2. The first kappa shape index (κ1) is 21.9. The van der Waals surface area contributed by atoms with Crippen LogP contribution in [0.1, 0.15) is 31.2 Å². The number of carbonyl (C=O) groups excluding carboxylic acids is 1. The van der Waals surface area contributed by atoms with Crippen LogP contribution in [0.25, 0.3) is 21.3 Å². The van der Waals surface area contributed by atoms with Crippen LogP contribution >= 0.6 is 11.3 Å². The summed E-state index contributed by atoms with van der Waals surface area (Å²) in [6.07, 6.45) is 5.20. The van der Waals surface area contributed by atoms with Crippen LogP contribution < -0.4 is 20.3 Å². The van der Waals surface area contributed by atoms with Gasteiger partial charge in [-0.15, -0.1) is 11.3 Å². The molecule has 1 fully saturated rings. The zero-order valence-corrected chi connectivity index (χ0v) is 20.0. The fraction of sp³-hybridized carbons (Fsp3) is 0.296. The molecule has 0 atom stereocenters. The molecule has 8 heteroatoms. The van der Waals surface area contributed by atoms with E-state index in [1.807, 2.05) is 53.9 Å². The van der Waals surface area contributed by atoms with E-state index in [0.717, 1.165) is 48.1 Å². The molecule has 1 amide bonds. The lowest BCUT2D eigenvalue weighted by molar-refractivity contribution is -0.123. The lowest BCUT2D eigenvalue weighted by atomic mass is 9.87. The number of aromatic nitrogens is 2. The molecule has 7 nitrogen and oxygen atoms in total. The van der Waals surface area contributed by atoms with Gasteiger partial charge in [-0.3, -0.25) is 14.2 Å². The molecule has 0 spiro atoms. The average molecular weight is 488 g/mol. The minimum atomic E-state index is -0.481. The van der Waals surface area contributed by atoms with Crippen molar-refractivity contribution in [1.29, 1.82) is 0 Å². The monoisotopic (exact) mass is 487 g/mol. The largest absolute Gasteiger partial charge is 0.486 e. The molecule has 0 saturated heterocycles. The van der Waals surface area contributed by atoms with Crippen molar-refractivity contribution in [3.63, 3.8) is 0 Å². The first-order chi connectivity index (χ1) is 17.1. The summed E-state index contributed by atoms with van der Waals surface area (Å²) in [5.74, 6) is 1.24. The Morgan fingerprint density at radius 3 is 2.63 bits per heavy atom. The molecule has 3 heterocycles. The molecule has 2 aromatic heterocycles. The van der Waals surface area contributed by atoms with Crippen molar-refractivity contribution in [3.8, 4) is 22.6 Å². The molecule has 1 saturated carbocycles. The van der Waals surface area contributed by atoms with Gasteiger partial charge in [0, 0.05) is 10.9 Å². The minimum Gasteiger partial charge on any atom is -0.486 e. The standard InChI is InChI=1S/C27H25N3O4S/c31-23(29-27(10-4-5-11-27)19-8-9-21-22(14-19)34-13-12-33-21)15-30-17-28-25-24(26(30)32)20(16-35-25)18-6-2-1-3-7-18/h1-3,6-9,14,16-17H,4-5,10-13,15H2,(H,29,31). The highest BCUT2D eigenvalue weighted by molar-refractivity contribution is 7.17. The summed E-state index contributed by atoms with van der Waals surface area (Å²) in [7, 11) is 0. The summed E-state index contributed by atoms with van der Waals surface area (Å²) in [5.41, 5.74) is 2.14. The first-order valence-electron chi connectivity index (χ1n) is 11.9. The summed E-state index contributed by atoms with van der Waals surface area (Å²) < 4.78 is 12.8. The number of fused-ring (bicyclic) bond motifs is 2. The van der Waals surface area contributed by atoms with Crippen LogP contribution in [-0.4, -0.2) is 28.7 Å². The van der Waals surface area contributed by atoms with Crippen LogP contribution in [0.15, 0.2) is 65.0 Å². The number of nitrogens with one attached hydrogen (secondary N) is 1. The van der Waals surface area contributed by atoms with Crippen molar-refractivity contribution in [2.75, 3.05) is 13.2 Å². The maximum Gasteiger partial charge on any atom is 0.263 e. The van der Waals surface area contributed by atoms with Gasteiger partial charge >= 0.3 is 0 Å². The predicted molar refractivity (Wildman–Crippen MR) is 135 cm³/mol. The van der Waals surface area contributed by atoms with Crippen molar-refractivity contribution < 1.29 is 14.3 Å². The molecule has 1 aliphatic carbocycles. The molecule has 4 aromatic rings. The van der Waals surface area contributed by atoms with E-state index in [1.54, 1.807) is 0 Å². The Balaban J connectivity index is 1.29. The van der Waals surface area contributed by atoms with Gasteiger partial charge in [-0.1, -0.05) is 49.2 Å². The smallest absolute Gasteiger partial charge is 0.263 e. The molecule has 35 heavy (non-hydrogen) atoms. The summed E-state index contributed by atoms with van der Waals surface area (Å²) in [5, 5.41) is 5.77. The topological polar surface area (TPSA) is 82.5 Å². The Bertz CT molecular complexity index is 1450. The average Bonchev–Trinajstić information content (AvgIpc) is 3.54. The van der Waals surface area contributed by atoms with E-state index in [4.69, 9.17) is 9.47 Å². The number of hydrogen-bond acceptors (Lipinski definition) is 6. The van der Waals surface area contributed by atoms with Crippen LogP contribution in [0.2, 0.25) is 0 Å². The Morgan fingerprint density at radius 1 is 1.06 bits per heavy atom. The number of thiophene rings is 1. The Kier molecular flexibility index (Phi) is 5.53. The molecule has 1 aliphatic heterocycles. The number of nitrogens with zero attached hydrogens (tertiary/aromatic N) is 2. The van der Waals surface area contributed by atoms with E-state index in [2.05, 4.69) is 10.3 Å². The summed E-state index contributed by atoms with van der Waals surface area (Å²) in [6, 6.07) is 15.7. The number of hydrogen-bond donors (Lipinski definition) is 1. The molecule has 6 rings (SSSR count). The van der Waals surface area contributed by atoms with Gasteiger partial charge in [-0.05, 0) is 36.1 Å². The quantitative estimate of drug-likeness (QED) is 0.449. The fourth-order valence-electron chi connectivity index (χ4n) is 5.18. The normalized spacial score (nSPS) is 16.3. The molecule has 2 aromatic carbocycles. The number of ether oxygens (including phenoxy) is 2. The SMILES string of the molecule is O=C(Cn1cnc2scc(-c3ccccc3)c2c1=O)NC1(c2ccc3c(c2)OCCO3)CCCC1. The second kappa shape index (κ2) is 8.85. The van der Waals surface area contributed by atoms with Crippen molar-refractivity contribution in [2.24, 2.45) is 0 Å². The maximum absolute atomic E-state index is 13.4. The second-order valence-corrected chi connectivity index (χ2v) is 9.93. The lowest BCUT2D eigenvalue weighted by Crippen LogP contribution is -2.46. The number of amides is 1. The van der Waals surface area contributed by atoms with Crippen LogP contribution in [0, 0.1) is 0 Å². The highest BCUT2D eigenvalue weighted by atomic mass is 32.1. The number of rotatable bonds is 5. The van der Waals surface area contributed by atoms with Gasteiger partial charge < -0.3 is 14.8 Å². The van der Waals surface area contributed by atoms with Crippen LogP contribution in [-0.2, 0) is 16.9 Å². The third-order valence-electron chi connectivity index (χ3n) is 6.89. The van der Waals surface area contributed by atoms with E-state index >= 15 is 0 Å². The van der Waals surface area contributed by atoms with Crippen molar-refractivity contribution in [3.05, 3.63) is 76.2 Å². The van der Waals surface area contributed by atoms with E-state index in [0.29, 0.717) is 29.2 Å². The predicted octanol–water partition coefficient (Wildman–Crippen LogP) is 4.48. The highest BCUT2D eigenvalue weighted by Gasteiger charge is 2.38.